The Morgan fingerprint density at radius 2 is 1.77 bits per heavy atom. The summed E-state index contributed by atoms with van der Waals surface area (Å²) in [6, 6.07) is 12.3. The summed E-state index contributed by atoms with van der Waals surface area (Å²) in [5, 5.41) is 0. The molecule has 0 unspecified atom stereocenters. The highest BCUT2D eigenvalue weighted by atomic mass is 16.5. The molecule has 2 aliphatic rings. The van der Waals surface area contributed by atoms with E-state index >= 15 is 0 Å². The van der Waals surface area contributed by atoms with Crippen LogP contribution < -0.4 is 0 Å². The zero-order chi connectivity index (χ0) is 18.0. The molecule has 0 aliphatic carbocycles. The van der Waals surface area contributed by atoms with Gasteiger partial charge in [0.15, 0.2) is 0 Å². The van der Waals surface area contributed by atoms with Crippen LogP contribution in [0.3, 0.4) is 0 Å². The molecule has 4 heterocycles. The molecule has 138 valence electrons. The summed E-state index contributed by atoms with van der Waals surface area (Å²) in [4.78, 5) is 11.5. The molecular formula is C21H27N3O2. The van der Waals surface area contributed by atoms with Crippen molar-refractivity contribution >= 4 is 0 Å². The Hall–Kier alpha value is -1.82. The van der Waals surface area contributed by atoms with Crippen molar-refractivity contribution in [3.8, 4) is 0 Å². The number of likely N-dealkylation sites (tertiary alicyclic amines) is 1. The van der Waals surface area contributed by atoms with Gasteiger partial charge in [-0.05, 0) is 44.5 Å². The average molecular weight is 353 g/mol. The summed E-state index contributed by atoms with van der Waals surface area (Å²) in [6.07, 6.45) is 2.19. The zero-order valence-electron chi connectivity index (χ0n) is 15.6. The zero-order valence-corrected chi connectivity index (χ0v) is 15.6. The fraction of sp³-hybridized carbons (Fsp3) is 0.524. The molecule has 5 nitrogen and oxygen atoms in total. The van der Waals surface area contributed by atoms with E-state index in [1.807, 2.05) is 38.1 Å². The Labute approximate surface area is 155 Å². The largest absolute Gasteiger partial charge is 0.372 e. The smallest absolute Gasteiger partial charge is 0.0959 e. The van der Waals surface area contributed by atoms with Crippen molar-refractivity contribution in [2.45, 2.75) is 51.5 Å². The van der Waals surface area contributed by atoms with Crippen LogP contribution >= 0.6 is 0 Å². The SMILES string of the molecule is Cc1cccc(CO[C@H]2CCOC3(C2)CN(Cc2cccc(C)n2)C3)n1. The molecule has 0 amide bonds. The molecule has 2 saturated heterocycles. The number of hydrogen-bond donors (Lipinski definition) is 0. The van der Waals surface area contributed by atoms with Crippen LogP contribution in [0.1, 0.15) is 35.6 Å². The number of hydrogen-bond acceptors (Lipinski definition) is 5. The highest BCUT2D eigenvalue weighted by Crippen LogP contribution is 2.36. The van der Waals surface area contributed by atoms with Gasteiger partial charge in [-0.3, -0.25) is 14.9 Å². The van der Waals surface area contributed by atoms with E-state index in [1.54, 1.807) is 0 Å². The van der Waals surface area contributed by atoms with Crippen molar-refractivity contribution in [2.24, 2.45) is 0 Å². The number of ether oxygens (including phenoxy) is 2. The van der Waals surface area contributed by atoms with E-state index in [0.717, 1.165) is 61.9 Å². The van der Waals surface area contributed by atoms with Gasteiger partial charge in [0.1, 0.15) is 0 Å². The molecule has 4 rings (SSSR count). The van der Waals surface area contributed by atoms with Crippen LogP contribution in [0.5, 0.6) is 0 Å². The molecular weight excluding hydrogens is 326 g/mol. The van der Waals surface area contributed by atoms with Gasteiger partial charge in [-0.15, -0.1) is 0 Å². The van der Waals surface area contributed by atoms with Crippen molar-refractivity contribution < 1.29 is 9.47 Å². The summed E-state index contributed by atoms with van der Waals surface area (Å²) in [6.45, 7) is 8.24. The Bertz CT molecular complexity index is 758. The molecule has 0 bridgehead atoms. The maximum absolute atomic E-state index is 6.15. The normalized spacial score (nSPS) is 22.3. The second kappa shape index (κ2) is 7.43. The van der Waals surface area contributed by atoms with Crippen LogP contribution in [0, 0.1) is 13.8 Å². The number of aryl methyl sites for hydroxylation is 2. The maximum atomic E-state index is 6.15. The van der Waals surface area contributed by atoms with E-state index in [9.17, 15) is 0 Å². The summed E-state index contributed by atoms with van der Waals surface area (Å²) >= 11 is 0. The molecule has 1 spiro atoms. The molecule has 0 saturated carbocycles. The third kappa shape index (κ3) is 4.11. The highest BCUT2D eigenvalue weighted by Gasteiger charge is 2.47. The topological polar surface area (TPSA) is 47.5 Å². The predicted molar refractivity (Wildman–Crippen MR) is 99.7 cm³/mol. The first-order valence-electron chi connectivity index (χ1n) is 9.43. The molecule has 1 atom stereocenters. The minimum atomic E-state index is -0.0349. The van der Waals surface area contributed by atoms with Gasteiger partial charge in [-0.25, -0.2) is 0 Å². The van der Waals surface area contributed by atoms with E-state index < -0.39 is 0 Å². The summed E-state index contributed by atoms with van der Waals surface area (Å²) < 4.78 is 12.3. The predicted octanol–water partition coefficient (Wildman–Crippen LogP) is 3.04. The molecule has 0 N–H and O–H groups in total. The summed E-state index contributed by atoms with van der Waals surface area (Å²) in [5.74, 6) is 0. The summed E-state index contributed by atoms with van der Waals surface area (Å²) in [5.41, 5.74) is 4.21. The van der Waals surface area contributed by atoms with Gasteiger partial charge in [-0.1, -0.05) is 12.1 Å². The quantitative estimate of drug-likeness (QED) is 0.827. The van der Waals surface area contributed by atoms with Gasteiger partial charge in [0.2, 0.25) is 0 Å². The number of aromatic nitrogens is 2. The van der Waals surface area contributed by atoms with E-state index in [0.29, 0.717) is 6.61 Å². The number of nitrogens with zero attached hydrogens (tertiary/aromatic N) is 3. The first-order valence-corrected chi connectivity index (χ1v) is 9.43. The van der Waals surface area contributed by atoms with E-state index in [1.165, 1.54) is 0 Å². The van der Waals surface area contributed by atoms with Gasteiger partial charge in [0.05, 0.1) is 29.7 Å². The van der Waals surface area contributed by atoms with Crippen LogP contribution in [0.4, 0.5) is 0 Å². The van der Waals surface area contributed by atoms with E-state index in [2.05, 4.69) is 27.0 Å². The van der Waals surface area contributed by atoms with Crippen molar-refractivity contribution in [2.75, 3.05) is 19.7 Å². The van der Waals surface area contributed by atoms with Crippen LogP contribution in [0.2, 0.25) is 0 Å². The second-order valence-corrected chi connectivity index (χ2v) is 7.64. The van der Waals surface area contributed by atoms with Gasteiger partial charge < -0.3 is 9.47 Å². The van der Waals surface area contributed by atoms with Gasteiger partial charge >= 0.3 is 0 Å². The minimum Gasteiger partial charge on any atom is -0.372 e. The lowest BCUT2D eigenvalue weighted by Crippen LogP contribution is -2.65. The molecule has 26 heavy (non-hydrogen) atoms. The van der Waals surface area contributed by atoms with Crippen LogP contribution in [-0.2, 0) is 22.6 Å². The Morgan fingerprint density at radius 3 is 2.50 bits per heavy atom. The molecule has 2 aliphatic heterocycles. The second-order valence-electron chi connectivity index (χ2n) is 7.64. The molecule has 2 fully saturated rings. The lowest BCUT2D eigenvalue weighted by molar-refractivity contribution is -0.200. The standard InChI is InChI=1S/C21H27N3O2/c1-16-5-3-7-18(22-16)12-24-14-21(15-24)11-20(9-10-26-21)25-13-19-8-4-6-17(2)23-19/h3-8,20H,9-15H2,1-2H3/t20-/m0/s1. The lowest BCUT2D eigenvalue weighted by atomic mass is 9.84. The fourth-order valence-electron chi connectivity index (χ4n) is 4.03. The maximum Gasteiger partial charge on any atom is 0.0959 e. The Balaban J connectivity index is 1.28. The van der Waals surface area contributed by atoms with Gasteiger partial charge in [-0.2, -0.15) is 0 Å². The molecule has 2 aromatic rings. The third-order valence-corrected chi connectivity index (χ3v) is 5.22. The van der Waals surface area contributed by atoms with Crippen molar-refractivity contribution in [1.29, 1.82) is 0 Å². The first-order chi connectivity index (χ1) is 12.6. The monoisotopic (exact) mass is 353 g/mol. The van der Waals surface area contributed by atoms with Gasteiger partial charge in [0, 0.05) is 44.0 Å². The summed E-state index contributed by atoms with van der Waals surface area (Å²) in [7, 11) is 0. The molecule has 0 aromatic carbocycles. The Kier molecular flexibility index (Phi) is 5.02. The van der Waals surface area contributed by atoms with Crippen molar-refractivity contribution in [3.63, 3.8) is 0 Å². The lowest BCUT2D eigenvalue weighted by Gasteiger charge is -2.53. The van der Waals surface area contributed by atoms with Crippen molar-refractivity contribution in [1.82, 2.24) is 14.9 Å². The number of pyridine rings is 2. The fourth-order valence-corrected chi connectivity index (χ4v) is 4.03. The van der Waals surface area contributed by atoms with Gasteiger partial charge in [0.25, 0.3) is 0 Å². The number of rotatable bonds is 5. The molecule has 2 aromatic heterocycles. The minimum absolute atomic E-state index is 0.0349. The first kappa shape index (κ1) is 17.6. The Morgan fingerprint density at radius 1 is 1.08 bits per heavy atom. The highest BCUT2D eigenvalue weighted by molar-refractivity contribution is 5.12. The molecule has 5 heteroatoms. The third-order valence-electron chi connectivity index (χ3n) is 5.22. The van der Waals surface area contributed by atoms with Crippen LogP contribution in [0.15, 0.2) is 36.4 Å². The van der Waals surface area contributed by atoms with Crippen LogP contribution in [-0.4, -0.2) is 46.3 Å². The van der Waals surface area contributed by atoms with Crippen LogP contribution in [0.25, 0.3) is 0 Å². The molecule has 0 radical (unpaired) electrons. The van der Waals surface area contributed by atoms with E-state index in [-0.39, 0.29) is 11.7 Å². The van der Waals surface area contributed by atoms with E-state index in [4.69, 9.17) is 9.47 Å². The average Bonchev–Trinajstić information content (AvgIpc) is 2.59. The van der Waals surface area contributed by atoms with Crippen molar-refractivity contribution in [3.05, 3.63) is 59.2 Å².